The molecule has 0 bridgehead atoms. The maximum absolute atomic E-state index is 12.4. The van der Waals surface area contributed by atoms with Crippen LogP contribution in [0.3, 0.4) is 0 Å². The van der Waals surface area contributed by atoms with E-state index in [0.29, 0.717) is 17.4 Å². The van der Waals surface area contributed by atoms with Crippen molar-refractivity contribution in [3.8, 4) is 0 Å². The van der Waals surface area contributed by atoms with Gasteiger partial charge >= 0.3 is 0 Å². The third-order valence-corrected chi connectivity index (χ3v) is 4.47. The van der Waals surface area contributed by atoms with Crippen molar-refractivity contribution in [2.45, 2.75) is 37.6 Å². The van der Waals surface area contributed by atoms with E-state index in [1.807, 2.05) is 0 Å². The van der Waals surface area contributed by atoms with Crippen LogP contribution in [0.25, 0.3) is 0 Å². The van der Waals surface area contributed by atoms with Crippen LogP contribution in [0.1, 0.15) is 47.8 Å². The number of amides is 1. The average Bonchev–Trinajstić information content (AvgIpc) is 3.48. The minimum absolute atomic E-state index is 0.0816. The van der Waals surface area contributed by atoms with Gasteiger partial charge in [0.25, 0.3) is 5.91 Å². The summed E-state index contributed by atoms with van der Waals surface area (Å²) in [6.07, 6.45) is 11.0. The van der Waals surface area contributed by atoms with Crippen LogP contribution in [-0.2, 0) is 0 Å². The van der Waals surface area contributed by atoms with Crippen LogP contribution in [0.5, 0.6) is 0 Å². The average molecular weight is 324 g/mol. The number of rotatable bonds is 4. The second-order valence-electron chi connectivity index (χ2n) is 6.41. The number of hydrogen-bond donors (Lipinski definition) is 1. The summed E-state index contributed by atoms with van der Waals surface area (Å²) in [5.41, 5.74) is 0.521. The Morgan fingerprint density at radius 3 is 2.54 bits per heavy atom. The van der Waals surface area contributed by atoms with Crippen molar-refractivity contribution in [1.29, 1.82) is 0 Å². The summed E-state index contributed by atoms with van der Waals surface area (Å²) in [5, 5.41) is 3.08. The normalized spacial score (nSPS) is 20.7. The van der Waals surface area contributed by atoms with Crippen LogP contribution in [0, 0.1) is 0 Å². The van der Waals surface area contributed by atoms with Crippen molar-refractivity contribution < 1.29 is 4.79 Å². The molecule has 1 aliphatic heterocycles. The zero-order chi connectivity index (χ0) is 16.4. The molecule has 1 aliphatic carbocycles. The highest BCUT2D eigenvalue weighted by Gasteiger charge is 2.27. The van der Waals surface area contributed by atoms with Crippen molar-refractivity contribution in [1.82, 2.24) is 25.3 Å². The Kier molecular flexibility index (Phi) is 4.06. The Morgan fingerprint density at radius 2 is 1.83 bits per heavy atom. The first kappa shape index (κ1) is 15.0. The van der Waals surface area contributed by atoms with Crippen LogP contribution in [-0.4, -0.2) is 45.0 Å². The first-order valence-corrected chi connectivity index (χ1v) is 8.44. The van der Waals surface area contributed by atoms with Gasteiger partial charge in [-0.3, -0.25) is 4.79 Å². The van der Waals surface area contributed by atoms with Gasteiger partial charge in [0.05, 0.1) is 5.56 Å². The van der Waals surface area contributed by atoms with Crippen LogP contribution >= 0.6 is 0 Å². The van der Waals surface area contributed by atoms with E-state index in [2.05, 4.69) is 30.2 Å². The molecule has 24 heavy (non-hydrogen) atoms. The van der Waals surface area contributed by atoms with Gasteiger partial charge < -0.3 is 10.2 Å². The number of hydrogen-bond acceptors (Lipinski definition) is 6. The molecule has 124 valence electrons. The van der Waals surface area contributed by atoms with Gasteiger partial charge in [-0.2, -0.15) is 0 Å². The van der Waals surface area contributed by atoms with Gasteiger partial charge in [-0.25, -0.2) is 19.9 Å². The number of aromatic nitrogens is 4. The molecular formula is C17H20N6O. The van der Waals surface area contributed by atoms with Crippen molar-refractivity contribution in [3.63, 3.8) is 0 Å². The van der Waals surface area contributed by atoms with Crippen LogP contribution in [0.4, 0.5) is 5.95 Å². The molecule has 2 aliphatic rings. The number of nitrogens with one attached hydrogen (secondary N) is 1. The molecule has 2 aromatic rings. The molecule has 2 fully saturated rings. The Labute approximate surface area is 140 Å². The van der Waals surface area contributed by atoms with Gasteiger partial charge in [0, 0.05) is 49.8 Å². The van der Waals surface area contributed by atoms with E-state index in [1.165, 1.54) is 0 Å². The topological polar surface area (TPSA) is 83.9 Å². The van der Waals surface area contributed by atoms with Crippen molar-refractivity contribution in [2.75, 3.05) is 18.0 Å². The zero-order valence-electron chi connectivity index (χ0n) is 13.4. The quantitative estimate of drug-likeness (QED) is 0.918. The summed E-state index contributed by atoms with van der Waals surface area (Å²) in [5.74, 6) is 1.96. The van der Waals surface area contributed by atoms with Crippen LogP contribution in [0.2, 0.25) is 0 Å². The minimum atomic E-state index is -0.113. The number of piperidine rings is 1. The lowest BCUT2D eigenvalue weighted by atomic mass is 10.1. The lowest BCUT2D eigenvalue weighted by molar-refractivity contribution is 0.0932. The van der Waals surface area contributed by atoms with E-state index >= 15 is 0 Å². The zero-order valence-corrected chi connectivity index (χ0v) is 13.4. The molecule has 1 saturated carbocycles. The molecule has 2 aromatic heterocycles. The second kappa shape index (κ2) is 6.51. The standard InChI is InChI=1S/C17H20N6O/c24-16(13-9-20-15(21-10-13)12-4-5-12)22-14-3-1-8-23(11-14)17-18-6-2-7-19-17/h2,6-7,9-10,12,14H,1,3-5,8,11H2,(H,22,24)/t14-/m0/s1. The maximum atomic E-state index is 12.4. The molecular weight excluding hydrogens is 304 g/mol. The molecule has 7 heteroatoms. The molecule has 0 aromatic carbocycles. The molecule has 3 heterocycles. The highest BCUT2D eigenvalue weighted by atomic mass is 16.1. The monoisotopic (exact) mass is 324 g/mol. The SMILES string of the molecule is O=C(N[C@H]1CCCN(c2ncccn2)C1)c1cnc(C2CC2)nc1. The smallest absolute Gasteiger partial charge is 0.254 e. The first-order chi connectivity index (χ1) is 11.8. The molecule has 1 saturated heterocycles. The van der Waals surface area contributed by atoms with E-state index < -0.39 is 0 Å². The highest BCUT2D eigenvalue weighted by molar-refractivity contribution is 5.93. The summed E-state index contributed by atoms with van der Waals surface area (Å²) in [4.78, 5) is 31.7. The largest absolute Gasteiger partial charge is 0.347 e. The lowest BCUT2D eigenvalue weighted by Gasteiger charge is -2.33. The fourth-order valence-corrected chi connectivity index (χ4v) is 3.01. The van der Waals surface area contributed by atoms with E-state index in [-0.39, 0.29) is 11.9 Å². The van der Waals surface area contributed by atoms with Gasteiger partial charge in [0.15, 0.2) is 0 Å². The van der Waals surface area contributed by atoms with E-state index in [1.54, 1.807) is 30.9 Å². The second-order valence-corrected chi connectivity index (χ2v) is 6.41. The number of anilines is 1. The third-order valence-electron chi connectivity index (χ3n) is 4.47. The van der Waals surface area contributed by atoms with E-state index in [4.69, 9.17) is 0 Å². The number of carbonyl (C=O) groups excluding carboxylic acids is 1. The third kappa shape index (κ3) is 3.34. The predicted molar refractivity (Wildman–Crippen MR) is 88.7 cm³/mol. The molecule has 1 atom stereocenters. The van der Waals surface area contributed by atoms with Gasteiger partial charge in [0.1, 0.15) is 5.82 Å². The molecule has 1 amide bonds. The fourth-order valence-electron chi connectivity index (χ4n) is 3.01. The van der Waals surface area contributed by atoms with Crippen molar-refractivity contribution in [3.05, 3.63) is 42.2 Å². The molecule has 0 spiro atoms. The van der Waals surface area contributed by atoms with Gasteiger partial charge in [0.2, 0.25) is 5.95 Å². The molecule has 4 rings (SSSR count). The van der Waals surface area contributed by atoms with Gasteiger partial charge in [-0.05, 0) is 31.7 Å². The Hall–Kier alpha value is -2.57. The lowest BCUT2D eigenvalue weighted by Crippen LogP contribution is -2.48. The molecule has 0 radical (unpaired) electrons. The van der Waals surface area contributed by atoms with E-state index in [0.717, 1.165) is 44.6 Å². The number of carbonyl (C=O) groups is 1. The predicted octanol–water partition coefficient (Wildman–Crippen LogP) is 1.54. The first-order valence-electron chi connectivity index (χ1n) is 8.44. The van der Waals surface area contributed by atoms with Crippen molar-refractivity contribution in [2.24, 2.45) is 0 Å². The maximum Gasteiger partial charge on any atom is 0.254 e. The summed E-state index contributed by atoms with van der Waals surface area (Å²) >= 11 is 0. The Morgan fingerprint density at radius 1 is 1.08 bits per heavy atom. The van der Waals surface area contributed by atoms with Crippen LogP contribution < -0.4 is 10.2 Å². The molecule has 1 N–H and O–H groups in total. The molecule has 0 unspecified atom stereocenters. The van der Waals surface area contributed by atoms with Gasteiger partial charge in [-0.1, -0.05) is 0 Å². The van der Waals surface area contributed by atoms with E-state index in [9.17, 15) is 4.79 Å². The molecule has 7 nitrogen and oxygen atoms in total. The number of nitrogens with zero attached hydrogens (tertiary/aromatic N) is 5. The Balaban J connectivity index is 1.38. The Bertz CT molecular complexity index is 701. The summed E-state index contributed by atoms with van der Waals surface area (Å²) in [7, 11) is 0. The highest BCUT2D eigenvalue weighted by Crippen LogP contribution is 2.37. The van der Waals surface area contributed by atoms with Crippen molar-refractivity contribution >= 4 is 11.9 Å². The summed E-state index contributed by atoms with van der Waals surface area (Å²) in [6, 6.07) is 1.89. The fraction of sp³-hybridized carbons (Fsp3) is 0.471. The minimum Gasteiger partial charge on any atom is -0.347 e. The van der Waals surface area contributed by atoms with Gasteiger partial charge in [-0.15, -0.1) is 0 Å². The summed E-state index contributed by atoms with van der Waals surface area (Å²) in [6.45, 7) is 1.63. The summed E-state index contributed by atoms with van der Waals surface area (Å²) < 4.78 is 0. The van der Waals surface area contributed by atoms with Crippen LogP contribution in [0.15, 0.2) is 30.9 Å².